The van der Waals surface area contributed by atoms with Gasteiger partial charge in [-0.25, -0.2) is 4.39 Å². The number of hydrogen-bond acceptors (Lipinski definition) is 4. The molecule has 1 aliphatic heterocycles. The van der Waals surface area contributed by atoms with Crippen molar-refractivity contribution in [3.05, 3.63) is 57.5 Å². The van der Waals surface area contributed by atoms with Crippen molar-refractivity contribution in [1.29, 1.82) is 0 Å². The molecule has 0 spiro atoms. The summed E-state index contributed by atoms with van der Waals surface area (Å²) < 4.78 is 18.4. The molecule has 3 rings (SSSR count). The number of benzene rings is 1. The summed E-state index contributed by atoms with van der Waals surface area (Å²) in [6.45, 7) is 2.71. The molecular formula is C19H20FNO3S. The van der Waals surface area contributed by atoms with Crippen LogP contribution in [0.1, 0.15) is 22.9 Å². The zero-order valence-corrected chi connectivity index (χ0v) is 14.9. The highest BCUT2D eigenvalue weighted by molar-refractivity contribution is 7.10. The van der Waals surface area contributed by atoms with E-state index in [0.717, 1.165) is 12.0 Å². The zero-order valence-electron chi connectivity index (χ0n) is 14.0. The number of thiophene rings is 1. The number of amides is 1. The van der Waals surface area contributed by atoms with Gasteiger partial charge in [-0.05, 0) is 47.5 Å². The van der Waals surface area contributed by atoms with Gasteiger partial charge in [0, 0.05) is 18.0 Å². The van der Waals surface area contributed by atoms with Crippen molar-refractivity contribution in [1.82, 2.24) is 4.90 Å². The first kappa shape index (κ1) is 17.6. The topological polar surface area (TPSA) is 46.6 Å². The van der Waals surface area contributed by atoms with Crippen molar-refractivity contribution in [2.45, 2.75) is 26.3 Å². The highest BCUT2D eigenvalue weighted by atomic mass is 32.1. The average molecular weight is 361 g/mol. The van der Waals surface area contributed by atoms with Crippen LogP contribution in [-0.4, -0.2) is 29.9 Å². The zero-order chi connectivity index (χ0) is 17.8. The summed E-state index contributed by atoms with van der Waals surface area (Å²) >= 11 is 1.71. The Morgan fingerprint density at radius 3 is 3.00 bits per heavy atom. The molecule has 0 saturated carbocycles. The number of halogens is 1. The molecule has 0 bridgehead atoms. The second-order valence-corrected chi connectivity index (χ2v) is 7.28. The molecule has 1 atom stereocenters. The van der Waals surface area contributed by atoms with Crippen LogP contribution in [0.3, 0.4) is 0 Å². The minimum absolute atomic E-state index is 0.178. The smallest absolute Gasteiger partial charge is 0.309 e. The lowest BCUT2D eigenvalue weighted by Crippen LogP contribution is -2.38. The summed E-state index contributed by atoms with van der Waals surface area (Å²) in [5.41, 5.74) is 1.91. The predicted molar refractivity (Wildman–Crippen MR) is 93.7 cm³/mol. The average Bonchev–Trinajstić information content (AvgIpc) is 3.07. The van der Waals surface area contributed by atoms with Crippen molar-refractivity contribution in [2.24, 2.45) is 5.92 Å². The van der Waals surface area contributed by atoms with Crippen molar-refractivity contribution < 1.29 is 18.7 Å². The number of carbonyl (C=O) groups excluding carboxylic acids is 2. The van der Waals surface area contributed by atoms with Gasteiger partial charge < -0.3 is 9.64 Å². The Kier molecular flexibility index (Phi) is 5.48. The molecule has 0 radical (unpaired) electrons. The van der Waals surface area contributed by atoms with Crippen LogP contribution in [0.5, 0.6) is 0 Å². The third-order valence-electron chi connectivity index (χ3n) is 4.33. The Labute approximate surface area is 150 Å². The summed E-state index contributed by atoms with van der Waals surface area (Å²) in [5.74, 6) is -1.38. The quantitative estimate of drug-likeness (QED) is 0.769. The van der Waals surface area contributed by atoms with E-state index in [1.165, 1.54) is 22.6 Å². The third-order valence-corrected chi connectivity index (χ3v) is 5.35. The van der Waals surface area contributed by atoms with Gasteiger partial charge in [0.1, 0.15) is 5.82 Å². The van der Waals surface area contributed by atoms with E-state index in [1.807, 2.05) is 11.4 Å². The van der Waals surface area contributed by atoms with Crippen LogP contribution < -0.4 is 0 Å². The number of fused-ring (bicyclic) bond motifs is 1. The minimum atomic E-state index is -0.439. The molecule has 1 aromatic heterocycles. The lowest BCUT2D eigenvalue weighted by atomic mass is 10.0. The Hall–Kier alpha value is -2.21. The summed E-state index contributed by atoms with van der Waals surface area (Å²) in [6.07, 6.45) is 1.23. The fourth-order valence-electron chi connectivity index (χ4n) is 2.93. The molecule has 1 aliphatic rings. The number of rotatable bonds is 5. The Balaban J connectivity index is 1.47. The lowest BCUT2D eigenvalue weighted by molar-refractivity contribution is -0.155. The van der Waals surface area contributed by atoms with Gasteiger partial charge in [0.05, 0.1) is 5.92 Å². The number of carbonyl (C=O) groups is 2. The maximum Gasteiger partial charge on any atom is 0.309 e. The summed E-state index contributed by atoms with van der Waals surface area (Å²) in [6, 6.07) is 8.18. The molecule has 2 aromatic rings. The first-order chi connectivity index (χ1) is 12.0. The summed E-state index contributed by atoms with van der Waals surface area (Å²) in [5, 5.41) is 2.03. The van der Waals surface area contributed by atoms with Crippen LogP contribution in [0, 0.1) is 11.7 Å². The Morgan fingerprint density at radius 2 is 2.20 bits per heavy atom. The molecule has 0 aliphatic carbocycles. The SMILES string of the molecule is CC(Cc1cccc(F)c1)C(=O)OCC(=O)N1CCc2sccc2C1. The largest absolute Gasteiger partial charge is 0.455 e. The molecule has 25 heavy (non-hydrogen) atoms. The van der Waals surface area contributed by atoms with Crippen LogP contribution in [-0.2, 0) is 33.7 Å². The standard InChI is InChI=1S/C19H20FNO3S/c1-13(9-14-3-2-4-16(20)10-14)19(23)24-12-18(22)21-7-5-17-15(11-21)6-8-25-17/h2-4,6,8,10,13H,5,7,9,11-12H2,1H3. The van der Waals surface area contributed by atoms with Crippen LogP contribution in [0.15, 0.2) is 35.7 Å². The van der Waals surface area contributed by atoms with Crippen molar-refractivity contribution in [3.8, 4) is 0 Å². The fourth-order valence-corrected chi connectivity index (χ4v) is 3.82. The van der Waals surface area contributed by atoms with E-state index in [9.17, 15) is 14.0 Å². The highest BCUT2D eigenvalue weighted by Gasteiger charge is 2.23. The first-order valence-electron chi connectivity index (χ1n) is 8.27. The molecule has 1 amide bonds. The van der Waals surface area contributed by atoms with Gasteiger partial charge in [-0.2, -0.15) is 0 Å². The monoisotopic (exact) mass is 361 g/mol. The van der Waals surface area contributed by atoms with Crippen molar-refractivity contribution in [3.63, 3.8) is 0 Å². The number of ether oxygens (including phenoxy) is 1. The normalized spacial score (nSPS) is 14.7. The maximum atomic E-state index is 13.2. The van der Waals surface area contributed by atoms with E-state index < -0.39 is 11.9 Å². The van der Waals surface area contributed by atoms with E-state index >= 15 is 0 Å². The van der Waals surface area contributed by atoms with Gasteiger partial charge in [-0.3, -0.25) is 9.59 Å². The first-order valence-corrected chi connectivity index (χ1v) is 9.15. The number of hydrogen-bond donors (Lipinski definition) is 0. The van der Waals surface area contributed by atoms with Gasteiger partial charge in [-0.15, -0.1) is 11.3 Å². The van der Waals surface area contributed by atoms with E-state index in [0.29, 0.717) is 19.5 Å². The van der Waals surface area contributed by atoms with E-state index in [-0.39, 0.29) is 18.3 Å². The fraction of sp³-hybridized carbons (Fsp3) is 0.368. The number of nitrogens with zero attached hydrogens (tertiary/aromatic N) is 1. The summed E-state index contributed by atoms with van der Waals surface area (Å²) in [4.78, 5) is 27.4. The second kappa shape index (κ2) is 7.78. The molecule has 2 heterocycles. The molecule has 132 valence electrons. The third kappa shape index (κ3) is 4.45. The second-order valence-electron chi connectivity index (χ2n) is 6.28. The van der Waals surface area contributed by atoms with Gasteiger partial charge in [0.25, 0.3) is 5.91 Å². The van der Waals surface area contributed by atoms with E-state index in [2.05, 4.69) is 0 Å². The molecule has 4 nitrogen and oxygen atoms in total. The minimum Gasteiger partial charge on any atom is -0.455 e. The molecule has 0 fully saturated rings. The van der Waals surface area contributed by atoms with Crippen LogP contribution >= 0.6 is 11.3 Å². The highest BCUT2D eigenvalue weighted by Crippen LogP contribution is 2.24. The van der Waals surface area contributed by atoms with Gasteiger partial charge in [0.15, 0.2) is 6.61 Å². The molecular weight excluding hydrogens is 341 g/mol. The molecule has 0 saturated heterocycles. The Morgan fingerprint density at radius 1 is 1.36 bits per heavy atom. The van der Waals surface area contributed by atoms with Crippen molar-refractivity contribution >= 4 is 23.2 Å². The molecule has 0 N–H and O–H groups in total. The predicted octanol–water partition coefficient (Wildman–Crippen LogP) is 3.19. The lowest BCUT2D eigenvalue weighted by Gasteiger charge is -2.27. The van der Waals surface area contributed by atoms with Crippen LogP contribution in [0.25, 0.3) is 0 Å². The van der Waals surface area contributed by atoms with E-state index in [1.54, 1.807) is 35.3 Å². The van der Waals surface area contributed by atoms with Gasteiger partial charge in [0.2, 0.25) is 0 Å². The van der Waals surface area contributed by atoms with Gasteiger partial charge >= 0.3 is 5.97 Å². The number of esters is 1. The molecule has 1 aromatic carbocycles. The molecule has 6 heteroatoms. The van der Waals surface area contributed by atoms with Crippen molar-refractivity contribution in [2.75, 3.05) is 13.2 Å². The van der Waals surface area contributed by atoms with Crippen LogP contribution in [0.2, 0.25) is 0 Å². The molecule has 1 unspecified atom stereocenters. The summed E-state index contributed by atoms with van der Waals surface area (Å²) in [7, 11) is 0. The van der Waals surface area contributed by atoms with E-state index in [4.69, 9.17) is 4.74 Å². The van der Waals surface area contributed by atoms with Gasteiger partial charge in [-0.1, -0.05) is 19.1 Å². The van der Waals surface area contributed by atoms with Crippen LogP contribution in [0.4, 0.5) is 4.39 Å². The maximum absolute atomic E-state index is 13.2. The Bertz CT molecular complexity index is 774.